The maximum Gasteiger partial charge on any atom is 0.147 e. The number of benzene rings is 1. The number of halogens is 1. The van der Waals surface area contributed by atoms with Gasteiger partial charge in [-0.2, -0.15) is 0 Å². The van der Waals surface area contributed by atoms with Crippen molar-refractivity contribution in [3.63, 3.8) is 0 Å². The lowest BCUT2D eigenvalue weighted by atomic mass is 10.1. The Morgan fingerprint density at radius 3 is 3.00 bits per heavy atom. The Balaban J connectivity index is 1.68. The highest BCUT2D eigenvalue weighted by atomic mass is 79.9. The maximum atomic E-state index is 4.32. The lowest BCUT2D eigenvalue weighted by Crippen LogP contribution is -2.22. The van der Waals surface area contributed by atoms with E-state index in [1.54, 1.807) is 0 Å². The fourth-order valence-corrected chi connectivity index (χ4v) is 3.31. The van der Waals surface area contributed by atoms with Gasteiger partial charge in [0.1, 0.15) is 11.6 Å². The SMILES string of the molecule is C[C@@H](NCc1nnc2n1CCCC2)c1ccccc1Br. The molecule has 2 aromatic rings. The van der Waals surface area contributed by atoms with Crippen molar-refractivity contribution in [3.8, 4) is 0 Å². The Morgan fingerprint density at radius 2 is 2.15 bits per heavy atom. The quantitative estimate of drug-likeness (QED) is 0.933. The van der Waals surface area contributed by atoms with Gasteiger partial charge in [0.05, 0.1) is 6.54 Å². The van der Waals surface area contributed by atoms with E-state index in [1.807, 2.05) is 6.07 Å². The van der Waals surface area contributed by atoms with E-state index in [2.05, 4.69) is 61.1 Å². The molecule has 0 radical (unpaired) electrons. The average Bonchev–Trinajstić information content (AvgIpc) is 2.88. The smallest absolute Gasteiger partial charge is 0.147 e. The van der Waals surface area contributed by atoms with E-state index in [9.17, 15) is 0 Å². The van der Waals surface area contributed by atoms with E-state index in [0.29, 0.717) is 0 Å². The fraction of sp³-hybridized carbons (Fsp3) is 0.467. The van der Waals surface area contributed by atoms with Gasteiger partial charge in [-0.15, -0.1) is 10.2 Å². The lowest BCUT2D eigenvalue weighted by molar-refractivity contribution is 0.483. The average molecular weight is 335 g/mol. The number of aryl methyl sites for hydroxylation is 1. The number of nitrogens with one attached hydrogen (secondary N) is 1. The summed E-state index contributed by atoms with van der Waals surface area (Å²) >= 11 is 3.60. The summed E-state index contributed by atoms with van der Waals surface area (Å²) in [5.41, 5.74) is 1.27. The van der Waals surface area contributed by atoms with E-state index in [1.165, 1.54) is 18.4 Å². The molecule has 1 aromatic carbocycles. The molecule has 106 valence electrons. The van der Waals surface area contributed by atoms with Gasteiger partial charge in [0, 0.05) is 23.5 Å². The van der Waals surface area contributed by atoms with Gasteiger partial charge >= 0.3 is 0 Å². The van der Waals surface area contributed by atoms with Crippen LogP contribution in [-0.4, -0.2) is 14.8 Å². The van der Waals surface area contributed by atoms with Crippen molar-refractivity contribution < 1.29 is 0 Å². The molecular formula is C15H19BrN4. The summed E-state index contributed by atoms with van der Waals surface area (Å²) in [6, 6.07) is 8.60. The zero-order valence-corrected chi connectivity index (χ0v) is 13.2. The van der Waals surface area contributed by atoms with Crippen molar-refractivity contribution in [2.24, 2.45) is 0 Å². The highest BCUT2D eigenvalue weighted by Gasteiger charge is 2.16. The molecule has 5 heteroatoms. The number of hydrogen-bond acceptors (Lipinski definition) is 3. The number of hydrogen-bond donors (Lipinski definition) is 1. The molecule has 0 amide bonds. The van der Waals surface area contributed by atoms with Crippen LogP contribution in [0.2, 0.25) is 0 Å². The van der Waals surface area contributed by atoms with Crippen LogP contribution in [0.3, 0.4) is 0 Å². The number of fused-ring (bicyclic) bond motifs is 1. The van der Waals surface area contributed by atoms with E-state index in [0.717, 1.165) is 35.6 Å². The number of rotatable bonds is 4. The first-order valence-electron chi connectivity index (χ1n) is 7.14. The molecule has 1 aliphatic heterocycles. The molecule has 2 heterocycles. The van der Waals surface area contributed by atoms with Crippen LogP contribution in [0.25, 0.3) is 0 Å². The maximum absolute atomic E-state index is 4.32. The predicted molar refractivity (Wildman–Crippen MR) is 82.4 cm³/mol. The molecule has 1 atom stereocenters. The van der Waals surface area contributed by atoms with Gasteiger partial charge in [-0.25, -0.2) is 0 Å². The summed E-state index contributed by atoms with van der Waals surface area (Å²) in [4.78, 5) is 0. The van der Waals surface area contributed by atoms with Crippen molar-refractivity contribution in [1.29, 1.82) is 0 Å². The monoisotopic (exact) mass is 334 g/mol. The second-order valence-electron chi connectivity index (χ2n) is 5.27. The summed E-state index contributed by atoms with van der Waals surface area (Å²) in [6.07, 6.45) is 3.53. The molecule has 0 saturated carbocycles. The van der Waals surface area contributed by atoms with Gasteiger partial charge in [-0.3, -0.25) is 0 Å². The van der Waals surface area contributed by atoms with Gasteiger partial charge in [-0.1, -0.05) is 34.1 Å². The molecule has 1 N–H and O–H groups in total. The molecule has 0 fully saturated rings. The van der Waals surface area contributed by atoms with Gasteiger partial charge in [0.25, 0.3) is 0 Å². The van der Waals surface area contributed by atoms with Gasteiger partial charge in [0.15, 0.2) is 0 Å². The zero-order valence-electron chi connectivity index (χ0n) is 11.6. The normalized spacial score (nSPS) is 15.9. The van der Waals surface area contributed by atoms with E-state index in [4.69, 9.17) is 0 Å². The second-order valence-corrected chi connectivity index (χ2v) is 6.12. The number of nitrogens with zero attached hydrogens (tertiary/aromatic N) is 3. The Hall–Kier alpha value is -1.20. The van der Waals surface area contributed by atoms with E-state index < -0.39 is 0 Å². The fourth-order valence-electron chi connectivity index (χ4n) is 2.68. The van der Waals surface area contributed by atoms with Gasteiger partial charge in [-0.05, 0) is 31.4 Å². The molecular weight excluding hydrogens is 316 g/mol. The molecule has 0 bridgehead atoms. The topological polar surface area (TPSA) is 42.7 Å². The zero-order chi connectivity index (χ0) is 13.9. The van der Waals surface area contributed by atoms with Crippen LogP contribution in [0.1, 0.15) is 43.0 Å². The van der Waals surface area contributed by atoms with Crippen molar-refractivity contribution in [2.75, 3.05) is 0 Å². The third kappa shape index (κ3) is 2.79. The van der Waals surface area contributed by atoms with Crippen molar-refractivity contribution in [3.05, 3.63) is 46.0 Å². The van der Waals surface area contributed by atoms with Crippen LogP contribution in [0.4, 0.5) is 0 Å². The van der Waals surface area contributed by atoms with Crippen LogP contribution >= 0.6 is 15.9 Å². The van der Waals surface area contributed by atoms with Crippen molar-refractivity contribution in [1.82, 2.24) is 20.1 Å². The minimum Gasteiger partial charge on any atom is -0.314 e. The van der Waals surface area contributed by atoms with E-state index >= 15 is 0 Å². The number of aromatic nitrogens is 3. The Morgan fingerprint density at radius 1 is 1.30 bits per heavy atom. The van der Waals surface area contributed by atoms with Crippen LogP contribution < -0.4 is 5.32 Å². The lowest BCUT2D eigenvalue weighted by Gasteiger charge is -2.18. The molecule has 1 aliphatic rings. The molecule has 4 nitrogen and oxygen atoms in total. The summed E-state index contributed by atoms with van der Waals surface area (Å²) in [7, 11) is 0. The van der Waals surface area contributed by atoms with Crippen LogP contribution in [0.15, 0.2) is 28.7 Å². The molecule has 3 rings (SSSR count). The Labute approximate surface area is 127 Å². The van der Waals surface area contributed by atoms with E-state index in [-0.39, 0.29) is 6.04 Å². The minimum atomic E-state index is 0.280. The van der Waals surface area contributed by atoms with Gasteiger partial charge in [0.2, 0.25) is 0 Å². The third-order valence-corrected chi connectivity index (χ3v) is 4.60. The Kier molecular flexibility index (Phi) is 4.17. The molecule has 0 saturated heterocycles. The second kappa shape index (κ2) is 6.06. The first kappa shape index (κ1) is 13.8. The van der Waals surface area contributed by atoms with Gasteiger partial charge < -0.3 is 9.88 Å². The van der Waals surface area contributed by atoms with Crippen LogP contribution in [0.5, 0.6) is 0 Å². The minimum absolute atomic E-state index is 0.280. The van der Waals surface area contributed by atoms with Crippen molar-refractivity contribution >= 4 is 15.9 Å². The highest BCUT2D eigenvalue weighted by molar-refractivity contribution is 9.10. The molecule has 1 aromatic heterocycles. The molecule has 0 spiro atoms. The van der Waals surface area contributed by atoms with Crippen LogP contribution in [0, 0.1) is 0 Å². The highest BCUT2D eigenvalue weighted by Crippen LogP contribution is 2.23. The molecule has 0 unspecified atom stereocenters. The Bertz CT molecular complexity index is 593. The standard InChI is InChI=1S/C15H19BrN4/c1-11(12-6-2-3-7-13(12)16)17-10-15-19-18-14-8-4-5-9-20(14)15/h2-3,6-7,11,17H,4-5,8-10H2,1H3/t11-/m1/s1. The summed E-state index contributed by atoms with van der Waals surface area (Å²) in [6.45, 7) is 3.99. The molecule has 0 aliphatic carbocycles. The van der Waals surface area contributed by atoms with Crippen molar-refractivity contribution in [2.45, 2.75) is 45.3 Å². The van der Waals surface area contributed by atoms with Crippen LogP contribution in [-0.2, 0) is 19.5 Å². The largest absolute Gasteiger partial charge is 0.314 e. The summed E-state index contributed by atoms with van der Waals surface area (Å²) in [5.74, 6) is 2.19. The first-order chi connectivity index (χ1) is 9.75. The first-order valence-corrected chi connectivity index (χ1v) is 7.94. The molecule has 20 heavy (non-hydrogen) atoms. The summed E-state index contributed by atoms with van der Waals surface area (Å²) in [5, 5.41) is 12.2. The summed E-state index contributed by atoms with van der Waals surface area (Å²) < 4.78 is 3.41. The third-order valence-electron chi connectivity index (χ3n) is 3.87. The predicted octanol–water partition coefficient (Wildman–Crippen LogP) is 3.23.